The van der Waals surface area contributed by atoms with Crippen molar-refractivity contribution in [3.8, 4) is 0 Å². The third-order valence-corrected chi connectivity index (χ3v) is 1.64. The molecule has 0 saturated heterocycles. The first-order chi connectivity index (χ1) is 4.88. The fraction of sp³-hybridized carbons (Fsp3) is 0. The van der Waals surface area contributed by atoms with Gasteiger partial charge in [-0.3, -0.25) is 4.79 Å². The van der Waals surface area contributed by atoms with E-state index in [0.717, 1.165) is 11.1 Å². The maximum Gasteiger partial charge on any atom is 1.00 e. The first-order valence-electron chi connectivity index (χ1n) is 3.19. The summed E-state index contributed by atoms with van der Waals surface area (Å²) in [6, 6.07) is 7.60. The average molecular weight is 169 g/mol. The van der Waals surface area contributed by atoms with E-state index in [2.05, 4.69) is 0 Å². The van der Waals surface area contributed by atoms with Crippen LogP contribution >= 0.6 is 12.4 Å². The summed E-state index contributed by atoms with van der Waals surface area (Å²) in [6.07, 6.45) is 3.45. The summed E-state index contributed by atoms with van der Waals surface area (Å²) in [5.41, 5.74) is 1.86. The summed E-state index contributed by atoms with van der Waals surface area (Å²) in [5, 5.41) is 0. The van der Waals surface area contributed by atoms with E-state index >= 15 is 0 Å². The second kappa shape index (κ2) is 2.89. The van der Waals surface area contributed by atoms with E-state index in [1.54, 1.807) is 6.08 Å². The van der Waals surface area contributed by atoms with Gasteiger partial charge in [-0.05, 0) is 11.6 Å². The van der Waals surface area contributed by atoms with Crippen molar-refractivity contribution < 1.29 is 7.65 Å². The average Bonchev–Trinajstić information content (AvgIpc) is 2.34. The Labute approximate surface area is 74.1 Å². The molecule has 0 amide bonds. The SMILES string of the molecule is Cl.O=C1C=Cc2ccccc21.[H+].[H+]. The van der Waals surface area contributed by atoms with Crippen molar-refractivity contribution in [2.24, 2.45) is 0 Å². The lowest BCUT2D eigenvalue weighted by atomic mass is 10.1. The molecule has 0 fully saturated rings. The Hall–Kier alpha value is -1.08. The fourth-order valence-corrected chi connectivity index (χ4v) is 1.12. The number of carbonyl (C=O) groups is 1. The van der Waals surface area contributed by atoms with Crippen LogP contribution in [0.5, 0.6) is 0 Å². The quantitative estimate of drug-likeness (QED) is 0.582. The van der Waals surface area contributed by atoms with Crippen LogP contribution in [0.3, 0.4) is 0 Å². The molecule has 1 aliphatic carbocycles. The predicted octanol–water partition coefficient (Wildman–Crippen LogP) is 2.54. The van der Waals surface area contributed by atoms with Crippen LogP contribution in [-0.4, -0.2) is 5.78 Å². The number of allylic oxidation sites excluding steroid dienone is 1. The highest BCUT2D eigenvalue weighted by Crippen LogP contribution is 2.17. The van der Waals surface area contributed by atoms with Crippen LogP contribution in [0, 0.1) is 0 Å². The second-order valence-electron chi connectivity index (χ2n) is 2.28. The molecule has 2 rings (SSSR count). The third kappa shape index (κ3) is 1.19. The van der Waals surface area contributed by atoms with Crippen molar-refractivity contribution in [3.63, 3.8) is 0 Å². The zero-order valence-corrected chi connectivity index (χ0v) is 6.60. The maximum atomic E-state index is 11.0. The van der Waals surface area contributed by atoms with E-state index in [-0.39, 0.29) is 21.0 Å². The molecule has 2 heteroatoms. The topological polar surface area (TPSA) is 17.1 Å². The second-order valence-corrected chi connectivity index (χ2v) is 2.28. The number of hydrogen-bond acceptors (Lipinski definition) is 1. The van der Waals surface area contributed by atoms with Crippen molar-refractivity contribution in [3.05, 3.63) is 41.5 Å². The summed E-state index contributed by atoms with van der Waals surface area (Å²) in [6.45, 7) is 0. The summed E-state index contributed by atoms with van der Waals surface area (Å²) in [7, 11) is 0. The molecule has 0 atom stereocenters. The lowest BCUT2D eigenvalue weighted by Crippen LogP contribution is -1.89. The molecule has 1 aromatic carbocycles. The molecule has 0 radical (unpaired) electrons. The van der Waals surface area contributed by atoms with Gasteiger partial charge in [0.05, 0.1) is 0 Å². The Morgan fingerprint density at radius 2 is 1.82 bits per heavy atom. The highest BCUT2D eigenvalue weighted by molar-refractivity contribution is 6.13. The number of ketones is 1. The van der Waals surface area contributed by atoms with Crippen LogP contribution in [0.4, 0.5) is 0 Å². The van der Waals surface area contributed by atoms with Crippen LogP contribution in [0.15, 0.2) is 30.3 Å². The van der Waals surface area contributed by atoms with Crippen LogP contribution in [0.2, 0.25) is 0 Å². The Balaban J connectivity index is 0. The number of hydrogen-bond donors (Lipinski definition) is 0. The van der Waals surface area contributed by atoms with Gasteiger partial charge in [0.15, 0.2) is 5.78 Å². The van der Waals surface area contributed by atoms with Crippen LogP contribution in [0.25, 0.3) is 6.08 Å². The van der Waals surface area contributed by atoms with Crippen molar-refractivity contribution in [1.29, 1.82) is 0 Å². The van der Waals surface area contributed by atoms with E-state index in [1.165, 1.54) is 0 Å². The minimum atomic E-state index is 0. The van der Waals surface area contributed by atoms with Gasteiger partial charge in [-0.15, -0.1) is 12.4 Å². The van der Waals surface area contributed by atoms with Gasteiger partial charge in [-0.1, -0.05) is 30.3 Å². The number of fused-ring (bicyclic) bond motifs is 1. The molecule has 0 aromatic heterocycles. The Morgan fingerprint density at radius 3 is 2.55 bits per heavy atom. The molecule has 56 valence electrons. The van der Waals surface area contributed by atoms with E-state index in [0.29, 0.717) is 0 Å². The molecule has 0 aliphatic heterocycles. The lowest BCUT2D eigenvalue weighted by molar-refractivity contribution is 0.105. The molecule has 0 spiro atoms. The fourth-order valence-electron chi connectivity index (χ4n) is 1.12. The third-order valence-electron chi connectivity index (χ3n) is 1.64. The van der Waals surface area contributed by atoms with Gasteiger partial charge >= 0.3 is 2.85 Å². The first kappa shape index (κ1) is 8.02. The van der Waals surface area contributed by atoms with Crippen LogP contribution in [-0.2, 0) is 0 Å². The molecule has 11 heavy (non-hydrogen) atoms. The molecule has 0 bridgehead atoms. The molecule has 0 unspecified atom stereocenters. The van der Waals surface area contributed by atoms with Gasteiger partial charge in [0.1, 0.15) is 0 Å². The lowest BCUT2D eigenvalue weighted by Gasteiger charge is -1.92. The Morgan fingerprint density at radius 1 is 1.09 bits per heavy atom. The number of halogens is 1. The van der Waals surface area contributed by atoms with Gasteiger partial charge in [0.2, 0.25) is 0 Å². The summed E-state index contributed by atoms with van der Waals surface area (Å²) in [5.74, 6) is 0.121. The Kier molecular flexibility index (Phi) is 2.11. The smallest absolute Gasteiger partial charge is 0.289 e. The van der Waals surface area contributed by atoms with Gasteiger partial charge in [0.25, 0.3) is 0 Å². The van der Waals surface area contributed by atoms with Gasteiger partial charge < -0.3 is 0 Å². The number of benzene rings is 1. The molecule has 0 saturated carbocycles. The monoisotopic (exact) mass is 168 g/mol. The molecule has 1 aromatic rings. The minimum absolute atomic E-state index is 0. The van der Waals surface area contributed by atoms with Gasteiger partial charge in [-0.25, -0.2) is 0 Å². The van der Waals surface area contributed by atoms with E-state index in [9.17, 15) is 4.79 Å². The van der Waals surface area contributed by atoms with E-state index in [4.69, 9.17) is 0 Å². The number of rotatable bonds is 0. The highest BCUT2D eigenvalue weighted by atomic mass is 35.5. The first-order valence-corrected chi connectivity index (χ1v) is 3.19. The van der Waals surface area contributed by atoms with E-state index in [1.807, 2.05) is 30.3 Å². The summed E-state index contributed by atoms with van der Waals surface area (Å²) >= 11 is 0. The molecule has 0 heterocycles. The molecule has 1 aliphatic rings. The van der Waals surface area contributed by atoms with Gasteiger partial charge in [-0.2, -0.15) is 0 Å². The molecule has 1 nitrogen and oxygen atoms in total. The van der Waals surface area contributed by atoms with Gasteiger partial charge in [0, 0.05) is 5.56 Å². The van der Waals surface area contributed by atoms with Crippen LogP contribution in [0.1, 0.15) is 18.8 Å². The number of carbonyl (C=O) groups excluding carboxylic acids is 1. The van der Waals surface area contributed by atoms with Crippen LogP contribution < -0.4 is 0 Å². The zero-order chi connectivity index (χ0) is 6.97. The van der Waals surface area contributed by atoms with E-state index < -0.39 is 0 Å². The van der Waals surface area contributed by atoms with Crippen molar-refractivity contribution >= 4 is 24.3 Å². The standard InChI is InChI=1S/C9H6O.ClH/c10-9-6-5-7-3-1-2-4-8(7)9;/h1-6H;1H/p+2. The zero-order valence-electron chi connectivity index (χ0n) is 7.78. The molecular weight excluding hydrogens is 160 g/mol. The van der Waals surface area contributed by atoms with Crippen molar-refractivity contribution in [2.75, 3.05) is 0 Å². The van der Waals surface area contributed by atoms with Crippen molar-refractivity contribution in [1.82, 2.24) is 0 Å². The summed E-state index contributed by atoms with van der Waals surface area (Å²) < 4.78 is 0. The Bertz CT molecular complexity index is 323. The normalized spacial score (nSPS) is 12.5. The molecular formula is C9H9ClO+2. The highest BCUT2D eigenvalue weighted by Gasteiger charge is 2.10. The minimum Gasteiger partial charge on any atom is -0.289 e. The summed E-state index contributed by atoms with van der Waals surface area (Å²) in [4.78, 5) is 11.0. The molecule has 0 N–H and O–H groups in total. The largest absolute Gasteiger partial charge is 1.00 e. The predicted molar refractivity (Wildman–Crippen MR) is 49.3 cm³/mol. The van der Waals surface area contributed by atoms with Crippen molar-refractivity contribution in [2.45, 2.75) is 0 Å². The maximum absolute atomic E-state index is 11.0.